The van der Waals surface area contributed by atoms with Crippen molar-refractivity contribution in [2.24, 2.45) is 5.73 Å². The molecule has 4 heteroatoms. The molecule has 1 amide bonds. The Hall–Kier alpha value is -1.55. The number of hydrogen-bond acceptors (Lipinski definition) is 3. The summed E-state index contributed by atoms with van der Waals surface area (Å²) in [6.45, 7) is 1.25. The molecule has 2 rings (SSSR count). The maximum Gasteiger partial charge on any atom is 0.253 e. The Labute approximate surface area is 81.9 Å². The molecule has 0 aliphatic carbocycles. The average Bonchev–Trinajstić information content (AvgIpc) is 2.13. The van der Waals surface area contributed by atoms with Gasteiger partial charge in [-0.2, -0.15) is 0 Å². The minimum absolute atomic E-state index is 0.0216. The van der Waals surface area contributed by atoms with Crippen LogP contribution in [0.1, 0.15) is 10.4 Å². The second-order valence-corrected chi connectivity index (χ2v) is 3.52. The van der Waals surface area contributed by atoms with E-state index >= 15 is 0 Å². The van der Waals surface area contributed by atoms with Gasteiger partial charge in [0.15, 0.2) is 0 Å². The van der Waals surface area contributed by atoms with Crippen LogP contribution in [0.2, 0.25) is 0 Å². The van der Waals surface area contributed by atoms with Crippen LogP contribution in [0.25, 0.3) is 0 Å². The largest absolute Gasteiger partial charge is 0.508 e. The maximum atomic E-state index is 11.7. The number of hydrogen-bond donors (Lipinski definition) is 2. The number of rotatable bonds is 1. The van der Waals surface area contributed by atoms with Crippen LogP contribution in [-0.2, 0) is 0 Å². The third-order valence-corrected chi connectivity index (χ3v) is 2.31. The summed E-state index contributed by atoms with van der Waals surface area (Å²) in [5, 5.41) is 9.05. The Morgan fingerprint density at radius 2 is 1.93 bits per heavy atom. The summed E-state index contributed by atoms with van der Waals surface area (Å²) < 4.78 is 0. The Bertz CT molecular complexity index is 342. The molecule has 1 fully saturated rings. The van der Waals surface area contributed by atoms with Gasteiger partial charge in [0.25, 0.3) is 5.91 Å². The van der Waals surface area contributed by atoms with Crippen molar-refractivity contribution in [2.75, 3.05) is 13.1 Å². The summed E-state index contributed by atoms with van der Waals surface area (Å²) >= 11 is 0. The lowest BCUT2D eigenvalue weighted by atomic mass is 10.1. The molecule has 4 nitrogen and oxygen atoms in total. The Balaban J connectivity index is 2.08. The van der Waals surface area contributed by atoms with Crippen molar-refractivity contribution in [3.8, 4) is 5.75 Å². The van der Waals surface area contributed by atoms with Gasteiger partial charge in [0.05, 0.1) is 0 Å². The van der Waals surface area contributed by atoms with Gasteiger partial charge in [0.1, 0.15) is 5.75 Å². The van der Waals surface area contributed by atoms with Crippen molar-refractivity contribution >= 4 is 5.91 Å². The van der Waals surface area contributed by atoms with Crippen LogP contribution in [0, 0.1) is 0 Å². The summed E-state index contributed by atoms with van der Waals surface area (Å²) in [7, 11) is 0. The van der Waals surface area contributed by atoms with Gasteiger partial charge in [0, 0.05) is 24.7 Å². The van der Waals surface area contributed by atoms with E-state index in [0.29, 0.717) is 18.7 Å². The summed E-state index contributed by atoms with van der Waals surface area (Å²) in [5.74, 6) is 0.147. The number of amides is 1. The molecule has 0 aromatic heterocycles. The molecule has 3 N–H and O–H groups in total. The van der Waals surface area contributed by atoms with E-state index in [-0.39, 0.29) is 17.7 Å². The van der Waals surface area contributed by atoms with Crippen LogP contribution < -0.4 is 5.73 Å². The van der Waals surface area contributed by atoms with Gasteiger partial charge in [-0.1, -0.05) is 0 Å². The average molecular weight is 192 g/mol. The number of likely N-dealkylation sites (tertiary alicyclic amines) is 1. The number of carbonyl (C=O) groups is 1. The van der Waals surface area contributed by atoms with Gasteiger partial charge in [-0.25, -0.2) is 0 Å². The van der Waals surface area contributed by atoms with Crippen molar-refractivity contribution in [1.29, 1.82) is 0 Å². The predicted octanol–water partition coefficient (Wildman–Crippen LogP) is 0.175. The van der Waals surface area contributed by atoms with Crippen LogP contribution >= 0.6 is 0 Å². The van der Waals surface area contributed by atoms with Crippen molar-refractivity contribution in [1.82, 2.24) is 4.90 Å². The molecule has 0 atom stereocenters. The van der Waals surface area contributed by atoms with Crippen LogP contribution in [0.5, 0.6) is 5.75 Å². The van der Waals surface area contributed by atoms with E-state index in [9.17, 15) is 4.79 Å². The lowest BCUT2D eigenvalue weighted by Crippen LogP contribution is -2.57. The third kappa shape index (κ3) is 1.56. The van der Waals surface area contributed by atoms with E-state index in [1.54, 1.807) is 17.0 Å². The highest BCUT2D eigenvalue weighted by atomic mass is 16.3. The van der Waals surface area contributed by atoms with Crippen LogP contribution in [0.15, 0.2) is 24.3 Å². The van der Waals surface area contributed by atoms with Gasteiger partial charge >= 0.3 is 0 Å². The standard InChI is InChI=1S/C10H12N2O2/c11-8-5-12(6-8)10(14)7-1-3-9(13)4-2-7/h1-4,8,13H,5-6,11H2. The number of carbonyl (C=O) groups excluding carboxylic acids is 1. The van der Waals surface area contributed by atoms with Gasteiger partial charge in [-0.05, 0) is 24.3 Å². The van der Waals surface area contributed by atoms with E-state index in [4.69, 9.17) is 10.8 Å². The highest BCUT2D eigenvalue weighted by molar-refractivity contribution is 5.94. The molecule has 0 bridgehead atoms. The zero-order valence-electron chi connectivity index (χ0n) is 7.68. The van der Waals surface area contributed by atoms with E-state index in [1.807, 2.05) is 0 Å². The van der Waals surface area contributed by atoms with Crippen molar-refractivity contribution in [2.45, 2.75) is 6.04 Å². The number of nitrogens with zero attached hydrogens (tertiary/aromatic N) is 1. The zero-order valence-corrected chi connectivity index (χ0v) is 7.68. The lowest BCUT2D eigenvalue weighted by Gasteiger charge is -2.36. The highest BCUT2D eigenvalue weighted by Gasteiger charge is 2.28. The first-order valence-corrected chi connectivity index (χ1v) is 4.50. The molecular formula is C10H12N2O2. The van der Waals surface area contributed by atoms with E-state index < -0.39 is 0 Å². The smallest absolute Gasteiger partial charge is 0.253 e. The van der Waals surface area contributed by atoms with Crippen molar-refractivity contribution < 1.29 is 9.90 Å². The summed E-state index contributed by atoms with van der Waals surface area (Å²) in [4.78, 5) is 13.4. The van der Waals surface area contributed by atoms with E-state index in [1.165, 1.54) is 12.1 Å². The second-order valence-electron chi connectivity index (χ2n) is 3.52. The SMILES string of the molecule is NC1CN(C(=O)c2ccc(O)cc2)C1. The summed E-state index contributed by atoms with van der Waals surface area (Å²) in [5.41, 5.74) is 6.17. The Morgan fingerprint density at radius 1 is 1.36 bits per heavy atom. The van der Waals surface area contributed by atoms with Gasteiger partial charge < -0.3 is 15.7 Å². The van der Waals surface area contributed by atoms with Crippen LogP contribution in [0.3, 0.4) is 0 Å². The number of phenolic OH excluding ortho intramolecular Hbond substituents is 1. The molecule has 14 heavy (non-hydrogen) atoms. The van der Waals surface area contributed by atoms with Crippen molar-refractivity contribution in [3.63, 3.8) is 0 Å². The lowest BCUT2D eigenvalue weighted by molar-refractivity contribution is 0.0608. The molecular weight excluding hydrogens is 180 g/mol. The molecule has 1 heterocycles. The first-order chi connectivity index (χ1) is 6.66. The highest BCUT2D eigenvalue weighted by Crippen LogP contribution is 2.14. The molecule has 0 saturated carbocycles. The van der Waals surface area contributed by atoms with E-state index in [2.05, 4.69) is 0 Å². The van der Waals surface area contributed by atoms with Crippen LogP contribution in [-0.4, -0.2) is 35.0 Å². The first kappa shape index (κ1) is 9.02. The zero-order chi connectivity index (χ0) is 10.1. The molecule has 1 aliphatic rings. The number of phenols is 1. The van der Waals surface area contributed by atoms with Gasteiger partial charge in [-0.3, -0.25) is 4.79 Å². The number of benzene rings is 1. The molecule has 0 unspecified atom stereocenters. The molecule has 1 aromatic carbocycles. The topological polar surface area (TPSA) is 66.6 Å². The second kappa shape index (κ2) is 3.31. The van der Waals surface area contributed by atoms with Crippen molar-refractivity contribution in [3.05, 3.63) is 29.8 Å². The number of aromatic hydroxyl groups is 1. The molecule has 74 valence electrons. The molecule has 1 aromatic rings. The minimum Gasteiger partial charge on any atom is -0.508 e. The maximum absolute atomic E-state index is 11.7. The molecule has 0 spiro atoms. The fraction of sp³-hybridized carbons (Fsp3) is 0.300. The first-order valence-electron chi connectivity index (χ1n) is 4.50. The monoisotopic (exact) mass is 192 g/mol. The van der Waals surface area contributed by atoms with Gasteiger partial charge in [-0.15, -0.1) is 0 Å². The minimum atomic E-state index is -0.0216. The fourth-order valence-electron chi connectivity index (χ4n) is 1.47. The Kier molecular flexibility index (Phi) is 2.13. The molecule has 1 aliphatic heterocycles. The summed E-state index contributed by atoms with van der Waals surface area (Å²) in [6.07, 6.45) is 0. The quantitative estimate of drug-likeness (QED) is 0.666. The summed E-state index contributed by atoms with van der Waals surface area (Å²) in [6, 6.07) is 6.36. The van der Waals surface area contributed by atoms with Gasteiger partial charge in [0.2, 0.25) is 0 Å². The molecule has 1 saturated heterocycles. The Morgan fingerprint density at radius 3 is 2.43 bits per heavy atom. The third-order valence-electron chi connectivity index (χ3n) is 2.31. The van der Waals surface area contributed by atoms with E-state index in [0.717, 1.165) is 0 Å². The van der Waals surface area contributed by atoms with Crippen LogP contribution in [0.4, 0.5) is 0 Å². The fourth-order valence-corrected chi connectivity index (χ4v) is 1.47. The molecule has 0 radical (unpaired) electrons. The normalized spacial score (nSPS) is 16.5. The predicted molar refractivity (Wildman–Crippen MR) is 52.0 cm³/mol. The number of nitrogens with two attached hydrogens (primary N) is 1.